The molecule has 0 fully saturated rings. The van der Waals surface area contributed by atoms with Gasteiger partial charge in [0.05, 0.1) is 6.04 Å². The maximum absolute atomic E-state index is 10.7. The quantitative estimate of drug-likeness (QED) is 0.715. The Kier molecular flexibility index (Phi) is 2.80. The first-order chi connectivity index (χ1) is 8.83. The molecule has 1 aliphatic rings. The topological polar surface area (TPSA) is 56.9 Å². The summed E-state index contributed by atoms with van der Waals surface area (Å²) in [6, 6.07) is 8.80. The van der Waals surface area contributed by atoms with Crippen LogP contribution in [-0.2, 0) is 11.2 Å². The third-order valence-electron chi connectivity index (χ3n) is 3.84. The molecule has 1 aromatic heterocycles. The number of nitrogens with one attached hydrogen (secondary N) is 3. The molecule has 0 radical (unpaired) electrons. The first kappa shape index (κ1) is 11.3. The number of carbonyl (C=O) groups is 1. The van der Waals surface area contributed by atoms with Gasteiger partial charge >= 0.3 is 0 Å². The summed E-state index contributed by atoms with van der Waals surface area (Å²) in [5, 5.41) is 7.50. The molecule has 1 heterocycles. The van der Waals surface area contributed by atoms with Gasteiger partial charge in [-0.15, -0.1) is 0 Å². The lowest BCUT2D eigenvalue weighted by Gasteiger charge is -2.29. The molecule has 2 aromatic rings. The van der Waals surface area contributed by atoms with Crippen LogP contribution in [0, 0.1) is 0 Å². The summed E-state index contributed by atoms with van der Waals surface area (Å²) in [5.74, 6) is 0. The van der Waals surface area contributed by atoms with Crippen molar-refractivity contribution in [3.8, 4) is 0 Å². The van der Waals surface area contributed by atoms with Crippen LogP contribution < -0.4 is 10.6 Å². The van der Waals surface area contributed by atoms with Crippen LogP contribution in [0.1, 0.15) is 23.7 Å². The summed E-state index contributed by atoms with van der Waals surface area (Å²) in [7, 11) is 1.97. The lowest BCUT2D eigenvalue weighted by atomic mass is 9.88. The molecule has 4 heteroatoms. The molecule has 2 unspecified atom stereocenters. The second-order valence-electron chi connectivity index (χ2n) is 4.83. The van der Waals surface area contributed by atoms with Crippen LogP contribution in [0.5, 0.6) is 0 Å². The minimum Gasteiger partial charge on any atom is -0.356 e. The van der Waals surface area contributed by atoms with E-state index in [1.54, 1.807) is 0 Å². The van der Waals surface area contributed by atoms with E-state index < -0.39 is 0 Å². The molecule has 1 aromatic carbocycles. The van der Waals surface area contributed by atoms with E-state index in [2.05, 4.69) is 33.8 Å². The smallest absolute Gasteiger partial charge is 0.207 e. The van der Waals surface area contributed by atoms with Crippen molar-refractivity contribution < 1.29 is 4.79 Å². The lowest BCUT2D eigenvalue weighted by molar-refractivity contribution is -0.110. The third kappa shape index (κ3) is 1.69. The molecule has 3 rings (SSSR count). The molecule has 0 bridgehead atoms. The normalized spacial score (nSPS) is 22.7. The second kappa shape index (κ2) is 4.46. The highest BCUT2D eigenvalue weighted by molar-refractivity contribution is 5.85. The van der Waals surface area contributed by atoms with Crippen LogP contribution in [-0.4, -0.2) is 24.5 Å². The highest BCUT2D eigenvalue weighted by Crippen LogP contribution is 2.34. The Bertz CT molecular complexity index is 575. The number of amides is 1. The molecule has 2 atom stereocenters. The van der Waals surface area contributed by atoms with Crippen LogP contribution in [0.4, 0.5) is 0 Å². The Morgan fingerprint density at radius 3 is 3.00 bits per heavy atom. The van der Waals surface area contributed by atoms with E-state index in [0.717, 1.165) is 30.5 Å². The lowest BCUT2D eigenvalue weighted by Crippen LogP contribution is -2.37. The minimum absolute atomic E-state index is 0.0797. The van der Waals surface area contributed by atoms with Crippen molar-refractivity contribution in [3.63, 3.8) is 0 Å². The van der Waals surface area contributed by atoms with E-state index in [1.807, 2.05) is 13.1 Å². The number of aromatic nitrogens is 1. The Labute approximate surface area is 106 Å². The summed E-state index contributed by atoms with van der Waals surface area (Å²) in [5.41, 5.74) is 3.64. The summed E-state index contributed by atoms with van der Waals surface area (Å²) in [6.07, 6.45) is 2.72. The van der Waals surface area contributed by atoms with Crippen molar-refractivity contribution in [2.75, 3.05) is 7.05 Å². The molecule has 3 N–H and O–H groups in total. The van der Waals surface area contributed by atoms with Gasteiger partial charge in [0.2, 0.25) is 6.41 Å². The van der Waals surface area contributed by atoms with Gasteiger partial charge in [-0.05, 0) is 31.5 Å². The van der Waals surface area contributed by atoms with Crippen molar-refractivity contribution >= 4 is 17.3 Å². The molecule has 0 saturated heterocycles. The standard InChI is InChI=1S/C14H17N3O/c1-15-9-6-11-10-4-2-3-5-12(10)17-14(11)13(7-9)16-8-18/h2-5,8-9,13,15,17H,6-7H2,1H3,(H,16,18). The van der Waals surface area contributed by atoms with Crippen molar-refractivity contribution in [2.45, 2.75) is 24.9 Å². The van der Waals surface area contributed by atoms with Gasteiger partial charge in [-0.3, -0.25) is 4.79 Å². The average Bonchev–Trinajstić information content (AvgIpc) is 2.78. The third-order valence-corrected chi connectivity index (χ3v) is 3.84. The Morgan fingerprint density at radius 2 is 2.22 bits per heavy atom. The number of hydrogen-bond acceptors (Lipinski definition) is 2. The number of para-hydroxylation sites is 1. The maximum Gasteiger partial charge on any atom is 0.207 e. The van der Waals surface area contributed by atoms with Gasteiger partial charge in [0.1, 0.15) is 0 Å². The summed E-state index contributed by atoms with van der Waals surface area (Å²) in [6.45, 7) is 0. The Balaban J connectivity index is 2.12. The van der Waals surface area contributed by atoms with Gasteiger partial charge in [-0.25, -0.2) is 0 Å². The van der Waals surface area contributed by atoms with Gasteiger partial charge in [-0.1, -0.05) is 18.2 Å². The molecule has 1 aliphatic carbocycles. The zero-order valence-electron chi connectivity index (χ0n) is 10.4. The zero-order chi connectivity index (χ0) is 12.5. The van der Waals surface area contributed by atoms with Gasteiger partial charge < -0.3 is 15.6 Å². The molecule has 1 amide bonds. The van der Waals surface area contributed by atoms with E-state index in [0.29, 0.717) is 6.04 Å². The van der Waals surface area contributed by atoms with Gasteiger partial charge in [0, 0.05) is 22.6 Å². The number of benzene rings is 1. The fourth-order valence-electron chi connectivity index (χ4n) is 2.92. The van der Waals surface area contributed by atoms with E-state index >= 15 is 0 Å². The number of H-pyrrole nitrogens is 1. The number of rotatable bonds is 3. The number of hydrogen-bond donors (Lipinski definition) is 3. The highest BCUT2D eigenvalue weighted by Gasteiger charge is 2.28. The first-order valence-corrected chi connectivity index (χ1v) is 6.30. The second-order valence-corrected chi connectivity index (χ2v) is 4.83. The Hall–Kier alpha value is -1.81. The number of carbonyl (C=O) groups excluding carboxylic acids is 1. The van der Waals surface area contributed by atoms with Gasteiger partial charge in [0.15, 0.2) is 0 Å². The largest absolute Gasteiger partial charge is 0.356 e. The SMILES string of the molecule is CNC1Cc2c([nH]c3ccccc23)C(NC=O)C1. The van der Waals surface area contributed by atoms with E-state index in [9.17, 15) is 4.79 Å². The fourth-order valence-corrected chi connectivity index (χ4v) is 2.92. The number of fused-ring (bicyclic) bond motifs is 3. The monoisotopic (exact) mass is 243 g/mol. The van der Waals surface area contributed by atoms with Crippen molar-refractivity contribution in [2.24, 2.45) is 0 Å². The van der Waals surface area contributed by atoms with Crippen LogP contribution in [0.3, 0.4) is 0 Å². The Morgan fingerprint density at radius 1 is 1.39 bits per heavy atom. The molecule has 0 aliphatic heterocycles. The van der Waals surface area contributed by atoms with Crippen LogP contribution in [0.25, 0.3) is 10.9 Å². The zero-order valence-corrected chi connectivity index (χ0v) is 10.4. The van der Waals surface area contributed by atoms with Crippen molar-refractivity contribution in [1.82, 2.24) is 15.6 Å². The van der Waals surface area contributed by atoms with Gasteiger partial charge in [-0.2, -0.15) is 0 Å². The van der Waals surface area contributed by atoms with E-state index in [1.165, 1.54) is 10.9 Å². The first-order valence-electron chi connectivity index (χ1n) is 6.30. The van der Waals surface area contributed by atoms with Crippen LogP contribution in [0.15, 0.2) is 24.3 Å². The molecule has 4 nitrogen and oxygen atoms in total. The van der Waals surface area contributed by atoms with Crippen LogP contribution in [0.2, 0.25) is 0 Å². The molecular weight excluding hydrogens is 226 g/mol. The average molecular weight is 243 g/mol. The summed E-state index contributed by atoms with van der Waals surface area (Å²) in [4.78, 5) is 14.2. The predicted molar refractivity (Wildman–Crippen MR) is 71.4 cm³/mol. The summed E-state index contributed by atoms with van der Waals surface area (Å²) < 4.78 is 0. The van der Waals surface area contributed by atoms with E-state index in [4.69, 9.17) is 0 Å². The molecule has 94 valence electrons. The minimum atomic E-state index is 0.0797. The molecule has 0 spiro atoms. The molecular formula is C14H17N3O. The fraction of sp³-hybridized carbons (Fsp3) is 0.357. The van der Waals surface area contributed by atoms with Crippen molar-refractivity contribution in [1.29, 1.82) is 0 Å². The van der Waals surface area contributed by atoms with Crippen LogP contribution >= 0.6 is 0 Å². The molecule has 18 heavy (non-hydrogen) atoms. The number of aromatic amines is 1. The maximum atomic E-state index is 10.7. The predicted octanol–water partition coefficient (Wildman–Crippen LogP) is 1.49. The van der Waals surface area contributed by atoms with E-state index in [-0.39, 0.29) is 6.04 Å². The summed E-state index contributed by atoms with van der Waals surface area (Å²) >= 11 is 0. The highest BCUT2D eigenvalue weighted by atomic mass is 16.1. The number of likely N-dealkylation sites (N-methyl/N-ethyl adjacent to an activating group) is 1. The molecule has 0 saturated carbocycles. The van der Waals surface area contributed by atoms with Crippen molar-refractivity contribution in [3.05, 3.63) is 35.5 Å². The van der Waals surface area contributed by atoms with Gasteiger partial charge in [0.25, 0.3) is 0 Å².